The molecule has 0 N–H and O–H groups in total. The maximum atomic E-state index is 12.1. The molecule has 0 aliphatic carbocycles. The van der Waals surface area contributed by atoms with Gasteiger partial charge in [-0.3, -0.25) is 19.2 Å². The Hall–Kier alpha value is -2.12. The van der Waals surface area contributed by atoms with Crippen LogP contribution >= 0.6 is 0 Å². The van der Waals surface area contributed by atoms with Crippen molar-refractivity contribution in [2.75, 3.05) is 13.2 Å². The second-order valence-corrected chi connectivity index (χ2v) is 16.8. The van der Waals surface area contributed by atoms with E-state index in [0.717, 1.165) is 154 Å². The predicted octanol–water partition coefficient (Wildman–Crippen LogP) is 14.4. The molecular formula is C49H92O8. The molecule has 0 bridgehead atoms. The van der Waals surface area contributed by atoms with Gasteiger partial charge in [-0.15, -0.1) is 0 Å². The van der Waals surface area contributed by atoms with Gasteiger partial charge in [-0.2, -0.15) is 0 Å². The average Bonchev–Trinajstić information content (AvgIpc) is 3.17. The molecule has 0 aliphatic heterocycles. The predicted molar refractivity (Wildman–Crippen MR) is 235 cm³/mol. The normalized spacial score (nSPS) is 12.3. The minimum absolute atomic E-state index is 0.0546. The Bertz CT molecular complexity index is 921. The van der Waals surface area contributed by atoms with Crippen molar-refractivity contribution in [2.45, 2.75) is 277 Å². The molecule has 8 nitrogen and oxygen atoms in total. The first kappa shape index (κ1) is 54.9. The van der Waals surface area contributed by atoms with E-state index in [4.69, 9.17) is 18.9 Å². The summed E-state index contributed by atoms with van der Waals surface area (Å²) >= 11 is 0. The summed E-state index contributed by atoms with van der Waals surface area (Å²) < 4.78 is 22.0. The van der Waals surface area contributed by atoms with Crippen LogP contribution in [0, 0.1) is 0 Å². The Morgan fingerprint density at radius 2 is 0.579 bits per heavy atom. The van der Waals surface area contributed by atoms with Crippen LogP contribution in [0.1, 0.15) is 265 Å². The van der Waals surface area contributed by atoms with Crippen molar-refractivity contribution in [3.8, 4) is 0 Å². The van der Waals surface area contributed by atoms with E-state index < -0.39 is 0 Å². The topological polar surface area (TPSA) is 105 Å². The van der Waals surface area contributed by atoms with Gasteiger partial charge in [0.15, 0.2) is 0 Å². The molecule has 0 aromatic heterocycles. The molecule has 0 saturated heterocycles. The van der Waals surface area contributed by atoms with E-state index in [-0.39, 0.29) is 36.1 Å². The third kappa shape index (κ3) is 43.3. The Labute approximate surface area is 351 Å². The molecule has 0 aliphatic rings. The van der Waals surface area contributed by atoms with Crippen molar-refractivity contribution in [3.05, 3.63) is 0 Å². The molecule has 0 saturated carbocycles. The molecule has 0 spiro atoms. The minimum atomic E-state index is -0.170. The molecule has 2 atom stereocenters. The molecule has 8 heteroatoms. The summed E-state index contributed by atoms with van der Waals surface area (Å²) in [5, 5.41) is 0. The van der Waals surface area contributed by atoms with Crippen LogP contribution in [0.15, 0.2) is 0 Å². The maximum absolute atomic E-state index is 12.1. The molecule has 0 aromatic carbocycles. The SMILES string of the molecule is CCCCCCCCCC(CCCCCCCC(=O)OCCCCCCCCCOC(=O)CCCCCCCCC(CCCCCCCC)OC(C)=O)OC(C)=O. The quantitative estimate of drug-likeness (QED) is 0.0340. The molecule has 0 amide bonds. The fraction of sp³-hybridized carbons (Fsp3) is 0.918. The Kier molecular flexibility index (Phi) is 41.8. The lowest BCUT2D eigenvalue weighted by atomic mass is 10.0. The zero-order chi connectivity index (χ0) is 41.9. The summed E-state index contributed by atoms with van der Waals surface area (Å²) in [7, 11) is 0. The summed E-state index contributed by atoms with van der Waals surface area (Å²) in [6.45, 7) is 8.54. The third-order valence-electron chi connectivity index (χ3n) is 11.1. The molecule has 0 heterocycles. The Morgan fingerprint density at radius 3 is 0.860 bits per heavy atom. The van der Waals surface area contributed by atoms with E-state index in [9.17, 15) is 19.2 Å². The molecule has 2 unspecified atom stereocenters. The van der Waals surface area contributed by atoms with Gasteiger partial charge in [0.1, 0.15) is 12.2 Å². The third-order valence-corrected chi connectivity index (χ3v) is 11.1. The number of ether oxygens (including phenoxy) is 4. The molecule has 0 radical (unpaired) electrons. The summed E-state index contributed by atoms with van der Waals surface area (Å²) in [5.41, 5.74) is 0. The molecule has 57 heavy (non-hydrogen) atoms. The van der Waals surface area contributed by atoms with Crippen LogP contribution < -0.4 is 0 Å². The Balaban J connectivity index is 3.57. The maximum Gasteiger partial charge on any atom is 0.305 e. The fourth-order valence-corrected chi connectivity index (χ4v) is 7.60. The zero-order valence-corrected chi connectivity index (χ0v) is 38.0. The number of rotatable bonds is 44. The van der Waals surface area contributed by atoms with Crippen LogP contribution in [0.4, 0.5) is 0 Å². The number of carbonyl (C=O) groups is 4. The van der Waals surface area contributed by atoms with Gasteiger partial charge >= 0.3 is 23.9 Å². The van der Waals surface area contributed by atoms with Crippen LogP contribution in [0.2, 0.25) is 0 Å². The highest BCUT2D eigenvalue weighted by molar-refractivity contribution is 5.69. The van der Waals surface area contributed by atoms with Crippen molar-refractivity contribution >= 4 is 23.9 Å². The number of esters is 4. The smallest absolute Gasteiger partial charge is 0.305 e. The van der Waals surface area contributed by atoms with Gasteiger partial charge in [0.25, 0.3) is 0 Å². The van der Waals surface area contributed by atoms with Gasteiger partial charge in [0, 0.05) is 26.7 Å². The first-order valence-corrected chi connectivity index (χ1v) is 24.4. The van der Waals surface area contributed by atoms with Crippen LogP contribution in [-0.2, 0) is 38.1 Å². The average molecular weight is 809 g/mol. The van der Waals surface area contributed by atoms with Crippen molar-refractivity contribution < 1.29 is 38.1 Å². The van der Waals surface area contributed by atoms with Gasteiger partial charge in [-0.25, -0.2) is 0 Å². The number of unbranched alkanes of at least 4 members (excludes halogenated alkanes) is 26. The molecule has 0 aromatic rings. The van der Waals surface area contributed by atoms with E-state index in [0.29, 0.717) is 26.1 Å². The van der Waals surface area contributed by atoms with Gasteiger partial charge < -0.3 is 18.9 Å². The van der Waals surface area contributed by atoms with Crippen LogP contribution in [-0.4, -0.2) is 49.3 Å². The molecular weight excluding hydrogens is 717 g/mol. The van der Waals surface area contributed by atoms with Crippen molar-refractivity contribution in [3.63, 3.8) is 0 Å². The summed E-state index contributed by atoms with van der Waals surface area (Å²) in [4.78, 5) is 47.2. The molecule has 336 valence electrons. The van der Waals surface area contributed by atoms with E-state index in [1.54, 1.807) is 0 Å². The van der Waals surface area contributed by atoms with E-state index in [1.807, 2.05) is 0 Å². The van der Waals surface area contributed by atoms with Gasteiger partial charge in [0.05, 0.1) is 13.2 Å². The molecule has 0 fully saturated rings. The van der Waals surface area contributed by atoms with Crippen LogP contribution in [0.25, 0.3) is 0 Å². The highest BCUT2D eigenvalue weighted by atomic mass is 16.5. The summed E-state index contributed by atoms with van der Waals surface area (Å²) in [6, 6.07) is 0. The van der Waals surface area contributed by atoms with Gasteiger partial charge in [-0.1, -0.05) is 162 Å². The summed E-state index contributed by atoms with van der Waals surface area (Å²) in [5.74, 6) is -0.482. The highest BCUT2D eigenvalue weighted by Crippen LogP contribution is 2.19. The molecule has 0 rings (SSSR count). The zero-order valence-electron chi connectivity index (χ0n) is 38.0. The lowest BCUT2D eigenvalue weighted by Gasteiger charge is -2.17. The minimum Gasteiger partial charge on any atom is -0.466 e. The van der Waals surface area contributed by atoms with E-state index >= 15 is 0 Å². The van der Waals surface area contributed by atoms with Crippen molar-refractivity contribution in [2.24, 2.45) is 0 Å². The standard InChI is InChI=1S/C49H92O8/c1-5-7-9-11-14-21-29-37-47(57-45(4)51)39-31-23-19-25-33-41-49(53)55-43-35-27-18-13-17-26-34-42-54-48(52)40-32-24-16-15-22-30-38-46(56-44(3)50)36-28-20-12-10-8-6-2/h46-47H,5-43H2,1-4H3. The number of hydrogen-bond acceptors (Lipinski definition) is 8. The largest absolute Gasteiger partial charge is 0.466 e. The number of hydrogen-bond donors (Lipinski definition) is 0. The second kappa shape index (κ2) is 43.5. The van der Waals surface area contributed by atoms with Crippen LogP contribution in [0.5, 0.6) is 0 Å². The lowest BCUT2D eigenvalue weighted by molar-refractivity contribution is -0.148. The van der Waals surface area contributed by atoms with Crippen molar-refractivity contribution in [1.29, 1.82) is 0 Å². The Morgan fingerprint density at radius 1 is 0.333 bits per heavy atom. The van der Waals surface area contributed by atoms with Crippen LogP contribution in [0.3, 0.4) is 0 Å². The number of carbonyl (C=O) groups excluding carboxylic acids is 4. The van der Waals surface area contributed by atoms with E-state index in [1.165, 1.54) is 84.5 Å². The highest BCUT2D eigenvalue weighted by Gasteiger charge is 2.13. The van der Waals surface area contributed by atoms with E-state index in [2.05, 4.69) is 13.8 Å². The fourth-order valence-electron chi connectivity index (χ4n) is 7.60. The van der Waals surface area contributed by atoms with Crippen molar-refractivity contribution in [1.82, 2.24) is 0 Å². The first-order valence-electron chi connectivity index (χ1n) is 24.4. The van der Waals surface area contributed by atoms with Gasteiger partial charge in [0.2, 0.25) is 0 Å². The summed E-state index contributed by atoms with van der Waals surface area (Å²) in [6.07, 6.45) is 40.6. The van der Waals surface area contributed by atoms with Gasteiger partial charge in [-0.05, 0) is 77.0 Å². The lowest BCUT2D eigenvalue weighted by Crippen LogP contribution is -2.16. The monoisotopic (exact) mass is 809 g/mol. The second-order valence-electron chi connectivity index (χ2n) is 16.8. The first-order chi connectivity index (χ1) is 27.8.